The Morgan fingerprint density at radius 2 is 2.00 bits per heavy atom. The lowest BCUT2D eigenvalue weighted by Gasteiger charge is -2.28. The van der Waals surface area contributed by atoms with E-state index in [1.165, 1.54) is 11.1 Å². The molecule has 0 atom stereocenters. The van der Waals surface area contributed by atoms with Crippen molar-refractivity contribution in [2.24, 2.45) is 0 Å². The second-order valence-electron chi connectivity index (χ2n) is 5.20. The lowest BCUT2D eigenvalue weighted by Crippen LogP contribution is -2.38. The van der Waals surface area contributed by atoms with Crippen LogP contribution in [0.5, 0.6) is 5.75 Å². The summed E-state index contributed by atoms with van der Waals surface area (Å²) in [4.78, 5) is 14.2. The minimum atomic E-state index is -0.0226. The smallest absolute Gasteiger partial charge is 0.260 e. The monoisotopic (exact) mass is 379 g/mol. The highest BCUT2D eigenvalue weighted by atomic mass is 79.9. The average molecular weight is 381 g/mol. The molecule has 0 bridgehead atoms. The van der Waals surface area contributed by atoms with Gasteiger partial charge in [-0.05, 0) is 35.7 Å². The Bertz CT molecular complexity index is 705. The van der Waals surface area contributed by atoms with Crippen molar-refractivity contribution in [3.05, 3.63) is 63.1 Å². The summed E-state index contributed by atoms with van der Waals surface area (Å²) in [5.74, 6) is 0.493. The van der Waals surface area contributed by atoms with Gasteiger partial charge in [-0.1, -0.05) is 51.8 Å². The van der Waals surface area contributed by atoms with Crippen molar-refractivity contribution in [2.75, 3.05) is 13.2 Å². The summed E-state index contributed by atoms with van der Waals surface area (Å²) in [6.45, 7) is 1.37. The predicted molar refractivity (Wildman–Crippen MR) is 90.2 cm³/mol. The third kappa shape index (κ3) is 3.45. The molecule has 0 radical (unpaired) electrons. The van der Waals surface area contributed by atoms with Crippen LogP contribution in [0, 0.1) is 0 Å². The molecule has 114 valence electrons. The first-order valence-electron chi connectivity index (χ1n) is 7.06. The number of benzene rings is 2. The minimum Gasteiger partial charge on any atom is -0.482 e. The van der Waals surface area contributed by atoms with Crippen LogP contribution in [0.2, 0.25) is 5.02 Å². The highest BCUT2D eigenvalue weighted by Crippen LogP contribution is 2.28. The van der Waals surface area contributed by atoms with Crippen LogP contribution in [-0.2, 0) is 17.8 Å². The van der Waals surface area contributed by atoms with E-state index >= 15 is 0 Å². The minimum absolute atomic E-state index is 0.00165. The average Bonchev–Trinajstić information content (AvgIpc) is 2.55. The van der Waals surface area contributed by atoms with E-state index in [0.29, 0.717) is 17.3 Å². The third-order valence-electron chi connectivity index (χ3n) is 3.73. The van der Waals surface area contributed by atoms with E-state index in [-0.39, 0.29) is 12.5 Å². The van der Waals surface area contributed by atoms with Gasteiger partial charge in [0.1, 0.15) is 5.75 Å². The van der Waals surface area contributed by atoms with Crippen molar-refractivity contribution in [3.63, 3.8) is 0 Å². The maximum absolute atomic E-state index is 12.3. The highest BCUT2D eigenvalue weighted by Gasteiger charge is 2.20. The van der Waals surface area contributed by atoms with Crippen molar-refractivity contribution in [3.8, 4) is 5.75 Å². The summed E-state index contributed by atoms with van der Waals surface area (Å²) in [6.07, 6.45) is 0.888. The maximum Gasteiger partial charge on any atom is 0.260 e. The summed E-state index contributed by atoms with van der Waals surface area (Å²) in [5, 5.41) is 0.500. The van der Waals surface area contributed by atoms with E-state index in [1.54, 1.807) is 12.1 Å². The molecular weight excluding hydrogens is 366 g/mol. The summed E-state index contributed by atoms with van der Waals surface area (Å²) >= 11 is 9.43. The number of nitrogens with zero attached hydrogens (tertiary/aromatic N) is 1. The number of amides is 1. The molecule has 0 saturated heterocycles. The molecule has 0 saturated carbocycles. The van der Waals surface area contributed by atoms with Crippen LogP contribution in [0.3, 0.4) is 0 Å². The molecule has 3 nitrogen and oxygen atoms in total. The van der Waals surface area contributed by atoms with Crippen LogP contribution < -0.4 is 4.74 Å². The molecular formula is C17H15BrClNO2. The summed E-state index contributed by atoms with van der Waals surface area (Å²) in [6, 6.07) is 13.6. The zero-order valence-electron chi connectivity index (χ0n) is 11.9. The van der Waals surface area contributed by atoms with Gasteiger partial charge in [-0.2, -0.15) is 0 Å². The van der Waals surface area contributed by atoms with Crippen LogP contribution >= 0.6 is 27.5 Å². The molecule has 2 aromatic carbocycles. The van der Waals surface area contributed by atoms with Crippen LogP contribution in [0.15, 0.2) is 46.9 Å². The largest absolute Gasteiger partial charge is 0.482 e. The van der Waals surface area contributed by atoms with Crippen molar-refractivity contribution in [1.29, 1.82) is 0 Å². The van der Waals surface area contributed by atoms with Crippen molar-refractivity contribution in [2.45, 2.75) is 13.0 Å². The first-order chi connectivity index (χ1) is 10.6. The van der Waals surface area contributed by atoms with E-state index < -0.39 is 0 Å². The molecule has 1 amide bonds. The van der Waals surface area contributed by atoms with Crippen molar-refractivity contribution < 1.29 is 9.53 Å². The molecule has 1 aliphatic rings. The van der Waals surface area contributed by atoms with Crippen LogP contribution in [-0.4, -0.2) is 24.0 Å². The Balaban J connectivity index is 1.62. The second kappa shape index (κ2) is 6.71. The third-order valence-corrected chi connectivity index (χ3v) is 4.53. The first-order valence-corrected chi connectivity index (χ1v) is 8.23. The van der Waals surface area contributed by atoms with Gasteiger partial charge in [0, 0.05) is 17.6 Å². The molecule has 1 heterocycles. The number of fused-ring (bicyclic) bond motifs is 1. The molecule has 0 fully saturated rings. The Labute approximate surface area is 143 Å². The lowest BCUT2D eigenvalue weighted by molar-refractivity contribution is -0.134. The van der Waals surface area contributed by atoms with Crippen molar-refractivity contribution in [1.82, 2.24) is 4.90 Å². The van der Waals surface area contributed by atoms with Gasteiger partial charge in [0.25, 0.3) is 5.91 Å². The molecule has 0 spiro atoms. The van der Waals surface area contributed by atoms with Crippen LogP contribution in [0.25, 0.3) is 0 Å². The fraction of sp³-hybridized carbons (Fsp3) is 0.235. The normalized spacial score (nSPS) is 13.6. The summed E-state index contributed by atoms with van der Waals surface area (Å²) < 4.78 is 6.43. The number of rotatable bonds is 3. The number of carbonyl (C=O) groups is 1. The van der Waals surface area contributed by atoms with Crippen LogP contribution in [0.4, 0.5) is 0 Å². The molecule has 5 heteroatoms. The van der Waals surface area contributed by atoms with Gasteiger partial charge in [-0.3, -0.25) is 4.79 Å². The Morgan fingerprint density at radius 3 is 2.82 bits per heavy atom. The quantitative estimate of drug-likeness (QED) is 0.803. The molecule has 1 aliphatic heterocycles. The predicted octanol–water partition coefficient (Wildman–Crippen LogP) is 4.07. The number of hydrogen-bond acceptors (Lipinski definition) is 2. The summed E-state index contributed by atoms with van der Waals surface area (Å²) in [5.41, 5.74) is 2.53. The van der Waals surface area contributed by atoms with E-state index in [1.807, 2.05) is 23.1 Å². The molecule has 2 aromatic rings. The standard InChI is InChI=1S/C17H15BrClNO2/c18-14-5-6-15(19)16(9-14)22-11-17(21)20-8-7-12-3-1-2-4-13(12)10-20/h1-6,9H,7-8,10-11H2. The maximum atomic E-state index is 12.3. The molecule has 0 unspecified atom stereocenters. The number of carbonyl (C=O) groups excluding carboxylic acids is 1. The van der Waals surface area contributed by atoms with Gasteiger partial charge in [0.05, 0.1) is 5.02 Å². The van der Waals surface area contributed by atoms with Gasteiger partial charge in [0.2, 0.25) is 0 Å². The fourth-order valence-electron chi connectivity index (χ4n) is 2.53. The Hall–Kier alpha value is -1.52. The van der Waals surface area contributed by atoms with Gasteiger partial charge in [-0.25, -0.2) is 0 Å². The molecule has 3 rings (SSSR count). The van der Waals surface area contributed by atoms with Gasteiger partial charge < -0.3 is 9.64 Å². The van der Waals surface area contributed by atoms with E-state index in [4.69, 9.17) is 16.3 Å². The zero-order chi connectivity index (χ0) is 15.5. The number of hydrogen-bond donors (Lipinski definition) is 0. The Morgan fingerprint density at radius 1 is 1.23 bits per heavy atom. The van der Waals surface area contributed by atoms with Crippen molar-refractivity contribution >= 4 is 33.4 Å². The fourth-order valence-corrected chi connectivity index (χ4v) is 3.04. The van der Waals surface area contributed by atoms with Crippen LogP contribution in [0.1, 0.15) is 11.1 Å². The lowest BCUT2D eigenvalue weighted by atomic mass is 10.00. The van der Waals surface area contributed by atoms with Gasteiger partial charge in [-0.15, -0.1) is 0 Å². The van der Waals surface area contributed by atoms with E-state index in [0.717, 1.165) is 17.4 Å². The molecule has 0 N–H and O–H groups in total. The SMILES string of the molecule is O=C(COc1cc(Br)ccc1Cl)N1CCc2ccccc2C1. The van der Waals surface area contributed by atoms with Gasteiger partial charge >= 0.3 is 0 Å². The Kier molecular flexibility index (Phi) is 4.69. The molecule has 0 aliphatic carbocycles. The summed E-state index contributed by atoms with van der Waals surface area (Å²) in [7, 11) is 0. The molecule has 0 aromatic heterocycles. The van der Waals surface area contributed by atoms with Gasteiger partial charge in [0.15, 0.2) is 6.61 Å². The number of halogens is 2. The number of ether oxygens (including phenoxy) is 1. The first kappa shape index (κ1) is 15.4. The second-order valence-corrected chi connectivity index (χ2v) is 6.52. The highest BCUT2D eigenvalue weighted by molar-refractivity contribution is 9.10. The zero-order valence-corrected chi connectivity index (χ0v) is 14.2. The topological polar surface area (TPSA) is 29.5 Å². The van der Waals surface area contributed by atoms with E-state index in [2.05, 4.69) is 28.1 Å². The molecule has 22 heavy (non-hydrogen) atoms. The van der Waals surface area contributed by atoms with E-state index in [9.17, 15) is 4.79 Å².